The van der Waals surface area contributed by atoms with Crippen molar-refractivity contribution in [3.63, 3.8) is 0 Å². The van der Waals surface area contributed by atoms with E-state index in [-0.39, 0.29) is 0 Å². The molecule has 5 nitrogen and oxygen atoms in total. The number of anilines is 1. The molecule has 0 saturated carbocycles. The lowest BCUT2D eigenvalue weighted by Crippen LogP contribution is -2.09. The third-order valence-corrected chi connectivity index (χ3v) is 3.18. The fraction of sp³-hybridized carbons (Fsp3) is 0.417. The van der Waals surface area contributed by atoms with Crippen LogP contribution in [0.4, 0.5) is 5.82 Å². The minimum atomic E-state index is 0.373. The Hall–Kier alpha value is -1.24. The van der Waals surface area contributed by atoms with Crippen LogP contribution in [0.25, 0.3) is 0 Å². The van der Waals surface area contributed by atoms with Crippen molar-refractivity contribution in [2.75, 3.05) is 18.5 Å². The van der Waals surface area contributed by atoms with E-state index in [1.165, 1.54) is 0 Å². The lowest BCUT2D eigenvalue weighted by atomic mass is 10.3. The molecule has 0 aliphatic heterocycles. The van der Waals surface area contributed by atoms with Gasteiger partial charge in [0.05, 0.1) is 11.2 Å². The second kappa shape index (κ2) is 7.37. The molecule has 0 radical (unpaired) electrons. The Morgan fingerprint density at radius 2 is 2.32 bits per heavy atom. The Morgan fingerprint density at radius 1 is 1.42 bits per heavy atom. The Balaban J connectivity index is 1.90. The van der Waals surface area contributed by atoms with Crippen molar-refractivity contribution >= 4 is 28.8 Å². The SMILES string of the molecule is CCOCc1nc(Cl)cc(NCCc2cscn2)n1. The van der Waals surface area contributed by atoms with Gasteiger partial charge in [-0.2, -0.15) is 0 Å². The zero-order valence-corrected chi connectivity index (χ0v) is 12.2. The Morgan fingerprint density at radius 3 is 3.05 bits per heavy atom. The molecule has 0 bridgehead atoms. The number of hydrogen-bond acceptors (Lipinski definition) is 6. The molecule has 0 spiro atoms. The summed E-state index contributed by atoms with van der Waals surface area (Å²) in [5, 5.41) is 5.67. The molecule has 1 N–H and O–H groups in total. The van der Waals surface area contributed by atoms with Crippen molar-refractivity contribution in [2.45, 2.75) is 20.0 Å². The molecule has 7 heteroatoms. The maximum atomic E-state index is 5.95. The van der Waals surface area contributed by atoms with E-state index >= 15 is 0 Å². The largest absolute Gasteiger partial charge is 0.374 e. The average molecular weight is 299 g/mol. The van der Waals surface area contributed by atoms with Crippen LogP contribution in [0.5, 0.6) is 0 Å². The van der Waals surface area contributed by atoms with Crippen molar-refractivity contribution in [3.05, 3.63) is 33.6 Å². The molecule has 2 aromatic heterocycles. The van der Waals surface area contributed by atoms with Gasteiger partial charge in [-0.05, 0) is 6.92 Å². The molecule has 0 atom stereocenters. The fourth-order valence-corrected chi connectivity index (χ4v) is 2.29. The van der Waals surface area contributed by atoms with Crippen LogP contribution in [-0.4, -0.2) is 28.1 Å². The normalized spacial score (nSPS) is 10.6. The number of nitrogens with one attached hydrogen (secondary N) is 1. The summed E-state index contributed by atoms with van der Waals surface area (Å²) in [5.41, 5.74) is 2.91. The van der Waals surface area contributed by atoms with Gasteiger partial charge in [-0.3, -0.25) is 0 Å². The Kier molecular flexibility index (Phi) is 5.50. The van der Waals surface area contributed by atoms with Crippen molar-refractivity contribution in [1.29, 1.82) is 0 Å². The van der Waals surface area contributed by atoms with Crippen molar-refractivity contribution in [3.8, 4) is 0 Å². The van der Waals surface area contributed by atoms with Crippen molar-refractivity contribution < 1.29 is 4.74 Å². The second-order valence-corrected chi connectivity index (χ2v) is 4.89. The maximum Gasteiger partial charge on any atom is 0.158 e. The highest BCUT2D eigenvalue weighted by atomic mass is 35.5. The summed E-state index contributed by atoms with van der Waals surface area (Å²) < 4.78 is 5.27. The molecular formula is C12H15ClN4OS. The predicted octanol–water partition coefficient (Wildman–Crippen LogP) is 2.78. The minimum Gasteiger partial charge on any atom is -0.374 e. The first-order chi connectivity index (χ1) is 9.28. The first-order valence-corrected chi connectivity index (χ1v) is 7.32. The number of ether oxygens (including phenoxy) is 1. The minimum absolute atomic E-state index is 0.373. The first-order valence-electron chi connectivity index (χ1n) is 6.00. The van der Waals surface area contributed by atoms with Gasteiger partial charge in [0, 0.05) is 31.0 Å². The van der Waals surface area contributed by atoms with E-state index in [9.17, 15) is 0 Å². The Bertz CT molecular complexity index is 506. The molecule has 0 saturated heterocycles. The number of hydrogen-bond donors (Lipinski definition) is 1. The third-order valence-electron chi connectivity index (χ3n) is 2.35. The molecule has 0 aliphatic rings. The summed E-state index contributed by atoms with van der Waals surface area (Å²) in [5.74, 6) is 1.30. The fourth-order valence-electron chi connectivity index (χ4n) is 1.49. The molecule has 2 aromatic rings. The Labute approximate surface area is 121 Å². The van der Waals surface area contributed by atoms with Gasteiger partial charge in [-0.1, -0.05) is 11.6 Å². The van der Waals surface area contributed by atoms with E-state index in [2.05, 4.69) is 20.3 Å². The maximum absolute atomic E-state index is 5.95. The van der Waals surface area contributed by atoms with E-state index in [4.69, 9.17) is 16.3 Å². The van der Waals surface area contributed by atoms with E-state index in [1.807, 2.05) is 17.8 Å². The van der Waals surface area contributed by atoms with Crippen molar-refractivity contribution in [1.82, 2.24) is 15.0 Å². The lowest BCUT2D eigenvalue weighted by molar-refractivity contribution is 0.128. The van der Waals surface area contributed by atoms with E-state index < -0.39 is 0 Å². The highest BCUT2D eigenvalue weighted by Gasteiger charge is 2.03. The van der Waals surface area contributed by atoms with Crippen LogP contribution in [0.3, 0.4) is 0 Å². The summed E-state index contributed by atoms with van der Waals surface area (Å²) in [7, 11) is 0. The summed E-state index contributed by atoms with van der Waals surface area (Å²) in [6.45, 7) is 3.68. The topological polar surface area (TPSA) is 59.9 Å². The van der Waals surface area contributed by atoms with Crippen LogP contribution < -0.4 is 5.32 Å². The average Bonchev–Trinajstić information content (AvgIpc) is 2.89. The second-order valence-electron chi connectivity index (χ2n) is 3.79. The molecule has 0 aliphatic carbocycles. The smallest absolute Gasteiger partial charge is 0.158 e. The summed E-state index contributed by atoms with van der Waals surface area (Å²) in [4.78, 5) is 12.7. The van der Waals surface area contributed by atoms with Crippen LogP contribution in [0.1, 0.15) is 18.4 Å². The summed E-state index contributed by atoms with van der Waals surface area (Å²) >= 11 is 7.55. The molecular weight excluding hydrogens is 284 g/mol. The standard InChI is InChI=1S/C12H15ClN4OS/c1-2-18-6-12-16-10(13)5-11(17-12)14-4-3-9-7-19-8-15-9/h5,7-8H,2-4,6H2,1H3,(H,14,16,17). The monoisotopic (exact) mass is 298 g/mol. The molecule has 102 valence electrons. The van der Waals surface area contributed by atoms with Gasteiger partial charge in [0.25, 0.3) is 0 Å². The van der Waals surface area contributed by atoms with Crippen molar-refractivity contribution in [2.24, 2.45) is 0 Å². The van der Waals surface area contributed by atoms with Crippen LogP contribution in [0.15, 0.2) is 17.0 Å². The number of nitrogens with zero attached hydrogens (tertiary/aromatic N) is 3. The van der Waals surface area contributed by atoms with E-state index in [0.29, 0.717) is 30.0 Å². The van der Waals surface area contributed by atoms with Gasteiger partial charge >= 0.3 is 0 Å². The number of thiazole rings is 1. The van der Waals surface area contributed by atoms with Gasteiger partial charge in [0.1, 0.15) is 17.6 Å². The quantitative estimate of drug-likeness (QED) is 0.797. The molecule has 0 fully saturated rings. The van der Waals surface area contributed by atoms with Gasteiger partial charge in [-0.15, -0.1) is 11.3 Å². The third kappa shape index (κ3) is 4.74. The summed E-state index contributed by atoms with van der Waals surface area (Å²) in [6.07, 6.45) is 0.853. The summed E-state index contributed by atoms with van der Waals surface area (Å²) in [6, 6.07) is 1.71. The molecule has 0 unspecified atom stereocenters. The zero-order valence-electron chi connectivity index (χ0n) is 10.6. The van der Waals surface area contributed by atoms with Gasteiger partial charge < -0.3 is 10.1 Å². The highest BCUT2D eigenvalue weighted by molar-refractivity contribution is 7.07. The highest BCUT2D eigenvalue weighted by Crippen LogP contribution is 2.12. The number of halogens is 1. The van der Waals surface area contributed by atoms with Gasteiger partial charge in [0.2, 0.25) is 0 Å². The van der Waals surface area contributed by atoms with Gasteiger partial charge in [0.15, 0.2) is 5.82 Å². The molecule has 2 rings (SSSR count). The van der Waals surface area contributed by atoms with Crippen LogP contribution in [0.2, 0.25) is 5.15 Å². The van der Waals surface area contributed by atoms with E-state index in [0.717, 1.165) is 18.7 Å². The van der Waals surface area contributed by atoms with Crippen LogP contribution in [0, 0.1) is 0 Å². The lowest BCUT2D eigenvalue weighted by Gasteiger charge is -2.07. The molecule has 0 aromatic carbocycles. The number of rotatable bonds is 7. The predicted molar refractivity (Wildman–Crippen MR) is 76.7 cm³/mol. The van der Waals surface area contributed by atoms with Crippen LogP contribution in [-0.2, 0) is 17.8 Å². The van der Waals surface area contributed by atoms with Crippen LogP contribution >= 0.6 is 22.9 Å². The molecule has 0 amide bonds. The first kappa shape index (κ1) is 14.2. The van der Waals surface area contributed by atoms with Gasteiger partial charge in [-0.25, -0.2) is 15.0 Å². The molecule has 19 heavy (non-hydrogen) atoms. The molecule has 2 heterocycles. The zero-order chi connectivity index (χ0) is 13.5. The van der Waals surface area contributed by atoms with E-state index in [1.54, 1.807) is 17.4 Å². The number of aromatic nitrogens is 3.